The summed E-state index contributed by atoms with van der Waals surface area (Å²) in [5.74, 6) is 0.0132. The van der Waals surface area contributed by atoms with Gasteiger partial charge in [-0.3, -0.25) is 4.99 Å². The van der Waals surface area contributed by atoms with E-state index >= 15 is 0 Å². The first kappa shape index (κ1) is 10.0. The van der Waals surface area contributed by atoms with Crippen LogP contribution in [0.2, 0.25) is 0 Å². The van der Waals surface area contributed by atoms with E-state index in [0.29, 0.717) is 5.92 Å². The molecular weight excluding hydrogens is 191 g/mol. The van der Waals surface area contributed by atoms with Crippen LogP contribution < -0.4 is 0 Å². The van der Waals surface area contributed by atoms with Gasteiger partial charge in [0.05, 0.1) is 6.21 Å². The fraction of sp³-hybridized carbons (Fsp3) is 0.333. The summed E-state index contributed by atoms with van der Waals surface area (Å²) in [6, 6.07) is 8.00. The number of halogens is 1. The average molecular weight is 204 g/mol. The summed E-state index contributed by atoms with van der Waals surface area (Å²) < 4.78 is 12.7. The molecule has 1 aromatic rings. The number of rotatable bonds is 2. The van der Waals surface area contributed by atoms with E-state index in [1.165, 1.54) is 11.8 Å². The minimum atomic E-state index is -0.493. The molecule has 0 fully saturated rings. The largest absolute Gasteiger partial charge is 0.257 e. The van der Waals surface area contributed by atoms with E-state index in [9.17, 15) is 4.39 Å². The van der Waals surface area contributed by atoms with E-state index in [1.807, 2.05) is 24.3 Å². The average Bonchev–Trinajstić information content (AvgIpc) is 2.65. The highest BCUT2D eigenvalue weighted by Crippen LogP contribution is 2.24. The van der Waals surface area contributed by atoms with Crippen molar-refractivity contribution in [2.24, 2.45) is 9.98 Å². The highest BCUT2D eigenvalue weighted by molar-refractivity contribution is 6.27. The van der Waals surface area contributed by atoms with Crippen LogP contribution in [0.25, 0.3) is 0 Å². The fourth-order valence-corrected chi connectivity index (χ4v) is 1.53. The van der Waals surface area contributed by atoms with Crippen molar-refractivity contribution in [1.29, 1.82) is 0 Å². The van der Waals surface area contributed by atoms with Gasteiger partial charge < -0.3 is 0 Å². The minimum Gasteiger partial charge on any atom is -0.257 e. The van der Waals surface area contributed by atoms with Gasteiger partial charge in [-0.2, -0.15) is 4.39 Å². The van der Waals surface area contributed by atoms with Crippen LogP contribution in [0.1, 0.15) is 37.1 Å². The van der Waals surface area contributed by atoms with Crippen molar-refractivity contribution in [3.63, 3.8) is 0 Å². The minimum absolute atomic E-state index is 0.383. The Morgan fingerprint density at radius 1 is 1.20 bits per heavy atom. The van der Waals surface area contributed by atoms with Crippen LogP contribution in [0.15, 0.2) is 34.3 Å². The second-order valence-corrected chi connectivity index (χ2v) is 3.93. The molecule has 0 amide bonds. The maximum atomic E-state index is 12.7. The zero-order chi connectivity index (χ0) is 10.8. The summed E-state index contributed by atoms with van der Waals surface area (Å²) in [5.41, 5.74) is 2.20. The lowest BCUT2D eigenvalue weighted by Crippen LogP contribution is -1.91. The molecule has 78 valence electrons. The molecule has 1 atom stereocenters. The molecule has 0 saturated carbocycles. The molecule has 1 aromatic carbocycles. The van der Waals surface area contributed by atoms with Crippen molar-refractivity contribution in [2.75, 3.05) is 0 Å². The molecule has 1 aliphatic heterocycles. The van der Waals surface area contributed by atoms with E-state index in [4.69, 9.17) is 0 Å². The molecule has 0 bridgehead atoms. The van der Waals surface area contributed by atoms with Crippen molar-refractivity contribution in [3.8, 4) is 0 Å². The molecule has 3 heteroatoms. The first-order valence-corrected chi connectivity index (χ1v) is 5.03. The quantitative estimate of drug-likeness (QED) is 0.706. The second kappa shape index (κ2) is 3.93. The Bertz CT molecular complexity index is 404. The van der Waals surface area contributed by atoms with Crippen molar-refractivity contribution in [1.82, 2.24) is 0 Å². The number of nitrogens with zero attached hydrogens (tertiary/aromatic N) is 2. The Hall–Kier alpha value is -1.51. The van der Waals surface area contributed by atoms with Gasteiger partial charge in [0.2, 0.25) is 5.97 Å². The molecule has 0 spiro atoms. The van der Waals surface area contributed by atoms with E-state index in [2.05, 4.69) is 23.8 Å². The monoisotopic (exact) mass is 204 g/mol. The molecule has 1 aliphatic rings. The standard InChI is InChI=1S/C12H13FN2/c1-8(2)9-3-5-10(6-4-9)12-14-7-11(13)15-12/h3-8,12H,1-2H3. The third-order valence-electron chi connectivity index (χ3n) is 2.47. The van der Waals surface area contributed by atoms with Crippen LogP contribution in [-0.2, 0) is 0 Å². The number of benzene rings is 1. The Labute approximate surface area is 88.6 Å². The van der Waals surface area contributed by atoms with Gasteiger partial charge in [-0.1, -0.05) is 38.1 Å². The van der Waals surface area contributed by atoms with Gasteiger partial charge in [0.15, 0.2) is 6.17 Å². The van der Waals surface area contributed by atoms with Crippen molar-refractivity contribution in [2.45, 2.75) is 25.9 Å². The van der Waals surface area contributed by atoms with Crippen LogP contribution in [0.4, 0.5) is 4.39 Å². The van der Waals surface area contributed by atoms with Gasteiger partial charge in [-0.25, -0.2) is 4.99 Å². The Kier molecular flexibility index (Phi) is 2.62. The lowest BCUT2D eigenvalue weighted by molar-refractivity contribution is 0.757. The molecule has 0 radical (unpaired) electrons. The number of hydrogen-bond acceptors (Lipinski definition) is 2. The fourth-order valence-electron chi connectivity index (χ4n) is 1.53. The van der Waals surface area contributed by atoms with Gasteiger partial charge in [0.1, 0.15) is 0 Å². The van der Waals surface area contributed by atoms with Crippen molar-refractivity contribution < 1.29 is 4.39 Å². The Morgan fingerprint density at radius 3 is 2.33 bits per heavy atom. The summed E-state index contributed by atoms with van der Waals surface area (Å²) in [7, 11) is 0. The molecule has 0 saturated heterocycles. The highest BCUT2D eigenvalue weighted by atomic mass is 19.1. The second-order valence-electron chi connectivity index (χ2n) is 3.93. The van der Waals surface area contributed by atoms with Crippen LogP contribution >= 0.6 is 0 Å². The lowest BCUT2D eigenvalue weighted by atomic mass is 10.0. The molecule has 2 nitrogen and oxygen atoms in total. The third-order valence-corrected chi connectivity index (χ3v) is 2.47. The third kappa shape index (κ3) is 2.12. The van der Waals surface area contributed by atoms with Gasteiger partial charge in [-0.05, 0) is 17.0 Å². The predicted octanol–water partition coefficient (Wildman–Crippen LogP) is 3.26. The summed E-state index contributed by atoms with van der Waals surface area (Å²) in [4.78, 5) is 7.72. The lowest BCUT2D eigenvalue weighted by Gasteiger charge is -2.08. The molecule has 0 N–H and O–H groups in total. The van der Waals surface area contributed by atoms with Gasteiger partial charge in [0, 0.05) is 0 Å². The smallest absolute Gasteiger partial charge is 0.228 e. The van der Waals surface area contributed by atoms with Crippen LogP contribution in [-0.4, -0.2) is 12.2 Å². The summed E-state index contributed by atoms with van der Waals surface area (Å²) >= 11 is 0. The maximum Gasteiger partial charge on any atom is 0.228 e. The van der Waals surface area contributed by atoms with Crippen LogP contribution in [0, 0.1) is 0 Å². The van der Waals surface area contributed by atoms with Crippen LogP contribution in [0.3, 0.4) is 0 Å². The van der Waals surface area contributed by atoms with Crippen LogP contribution in [0.5, 0.6) is 0 Å². The van der Waals surface area contributed by atoms with Crippen molar-refractivity contribution in [3.05, 3.63) is 35.4 Å². The zero-order valence-electron chi connectivity index (χ0n) is 8.81. The Balaban J connectivity index is 2.21. The topological polar surface area (TPSA) is 24.7 Å². The number of aliphatic imine (C=N–C) groups is 2. The molecule has 2 rings (SSSR count). The van der Waals surface area contributed by atoms with Gasteiger partial charge >= 0.3 is 0 Å². The predicted molar refractivity (Wildman–Crippen MR) is 60.3 cm³/mol. The first-order valence-electron chi connectivity index (χ1n) is 5.03. The maximum absolute atomic E-state index is 12.7. The van der Waals surface area contributed by atoms with E-state index in [0.717, 1.165) is 5.56 Å². The van der Waals surface area contributed by atoms with E-state index < -0.39 is 5.97 Å². The van der Waals surface area contributed by atoms with E-state index in [-0.39, 0.29) is 6.17 Å². The highest BCUT2D eigenvalue weighted by Gasteiger charge is 2.13. The SMILES string of the molecule is CC(C)c1ccc(C2N=CC(F)=N2)cc1. The molecule has 1 unspecified atom stereocenters. The van der Waals surface area contributed by atoms with Gasteiger partial charge in [-0.15, -0.1) is 0 Å². The Morgan fingerprint density at radius 2 is 1.87 bits per heavy atom. The van der Waals surface area contributed by atoms with Crippen molar-refractivity contribution >= 4 is 12.2 Å². The number of hydrogen-bond donors (Lipinski definition) is 0. The normalized spacial score (nSPS) is 19.7. The first-order chi connectivity index (χ1) is 7.16. The zero-order valence-corrected chi connectivity index (χ0v) is 8.81. The summed E-state index contributed by atoms with van der Waals surface area (Å²) in [6.45, 7) is 4.28. The van der Waals surface area contributed by atoms with E-state index in [1.54, 1.807) is 0 Å². The molecular formula is C12H13FN2. The van der Waals surface area contributed by atoms with Gasteiger partial charge in [0.25, 0.3) is 0 Å². The molecule has 0 aromatic heterocycles. The summed E-state index contributed by atoms with van der Waals surface area (Å²) in [6.07, 6.45) is 0.785. The summed E-state index contributed by atoms with van der Waals surface area (Å²) in [5, 5.41) is 0. The molecule has 15 heavy (non-hydrogen) atoms. The molecule has 1 heterocycles. The molecule has 0 aliphatic carbocycles.